The van der Waals surface area contributed by atoms with E-state index in [9.17, 15) is 9.59 Å². The summed E-state index contributed by atoms with van der Waals surface area (Å²) in [5.41, 5.74) is 13.1. The zero-order valence-electron chi connectivity index (χ0n) is 20.4. The van der Waals surface area contributed by atoms with Crippen molar-refractivity contribution >= 4 is 29.9 Å². The van der Waals surface area contributed by atoms with Crippen LogP contribution in [-0.4, -0.2) is 52.0 Å². The number of rotatable bonds is 11. The van der Waals surface area contributed by atoms with Gasteiger partial charge in [0.15, 0.2) is 23.0 Å². The summed E-state index contributed by atoms with van der Waals surface area (Å²) < 4.78 is 27.2. The van der Waals surface area contributed by atoms with Crippen molar-refractivity contribution in [3.05, 3.63) is 36.0 Å². The topological polar surface area (TPSA) is 161 Å². The van der Waals surface area contributed by atoms with Crippen molar-refractivity contribution in [2.24, 2.45) is 11.5 Å². The molecule has 0 aliphatic heterocycles. The van der Waals surface area contributed by atoms with Gasteiger partial charge < -0.3 is 40.3 Å². The summed E-state index contributed by atoms with van der Waals surface area (Å²) in [5.74, 6) is 0.763. The van der Waals surface area contributed by atoms with Crippen molar-refractivity contribution in [3.8, 4) is 45.4 Å². The van der Waals surface area contributed by atoms with E-state index in [0.29, 0.717) is 52.7 Å². The number of nitrogens with one attached hydrogen (secondary N) is 1. The van der Waals surface area contributed by atoms with E-state index in [0.717, 1.165) is 0 Å². The number of aromatic nitrogens is 1. The maximum Gasteiger partial charge on any atom is 0.252 e. The SMILES string of the molecule is COc1cc(-c2oncc2-c2cc(NC(=O)CCCN)c(OC)c(C(N)=O)c2)cc(OC)c1OC.Cl. The lowest BCUT2D eigenvalue weighted by molar-refractivity contribution is -0.116. The summed E-state index contributed by atoms with van der Waals surface area (Å²) in [6.45, 7) is 0.371. The highest BCUT2D eigenvalue weighted by atomic mass is 35.5. The highest BCUT2D eigenvalue weighted by molar-refractivity contribution is 6.03. The van der Waals surface area contributed by atoms with Crippen molar-refractivity contribution in [3.63, 3.8) is 0 Å². The van der Waals surface area contributed by atoms with Crippen LogP contribution < -0.4 is 35.7 Å². The molecule has 3 rings (SSSR count). The normalized spacial score (nSPS) is 10.2. The molecule has 0 aliphatic carbocycles. The second-order valence-electron chi connectivity index (χ2n) is 7.39. The molecule has 5 N–H and O–H groups in total. The predicted molar refractivity (Wildman–Crippen MR) is 136 cm³/mol. The molecule has 36 heavy (non-hydrogen) atoms. The Morgan fingerprint density at radius 1 is 0.944 bits per heavy atom. The Balaban J connectivity index is 0.00000456. The molecule has 1 aromatic heterocycles. The number of amides is 2. The predicted octanol–water partition coefficient (Wildman–Crippen LogP) is 3.24. The molecule has 0 bridgehead atoms. The average molecular weight is 521 g/mol. The Kier molecular flexibility index (Phi) is 9.94. The van der Waals surface area contributed by atoms with Crippen molar-refractivity contribution in [2.75, 3.05) is 40.3 Å². The third-order valence-electron chi connectivity index (χ3n) is 5.25. The first kappa shape index (κ1) is 28.3. The lowest BCUT2D eigenvalue weighted by Gasteiger charge is -2.16. The lowest BCUT2D eigenvalue weighted by Crippen LogP contribution is -2.17. The fourth-order valence-electron chi connectivity index (χ4n) is 3.62. The minimum Gasteiger partial charge on any atom is -0.494 e. The van der Waals surface area contributed by atoms with Crippen LogP contribution in [0.1, 0.15) is 23.2 Å². The number of hydrogen-bond acceptors (Lipinski definition) is 9. The summed E-state index contributed by atoms with van der Waals surface area (Å²) in [7, 11) is 5.90. The molecule has 0 saturated carbocycles. The smallest absolute Gasteiger partial charge is 0.252 e. The van der Waals surface area contributed by atoms with Gasteiger partial charge in [-0.25, -0.2) is 0 Å². The number of nitrogens with two attached hydrogens (primary N) is 2. The van der Waals surface area contributed by atoms with E-state index in [2.05, 4.69) is 10.5 Å². The molecule has 0 aliphatic rings. The van der Waals surface area contributed by atoms with Crippen molar-refractivity contribution in [2.45, 2.75) is 12.8 Å². The van der Waals surface area contributed by atoms with Gasteiger partial charge in [0, 0.05) is 17.5 Å². The molecule has 194 valence electrons. The average Bonchev–Trinajstić information content (AvgIpc) is 3.36. The maximum absolute atomic E-state index is 12.4. The van der Waals surface area contributed by atoms with Crippen LogP contribution in [0.15, 0.2) is 35.0 Å². The third kappa shape index (κ3) is 5.81. The molecule has 12 heteroatoms. The Labute approximate surface area is 214 Å². The quantitative estimate of drug-likeness (QED) is 0.344. The molecule has 0 unspecified atom stereocenters. The van der Waals surface area contributed by atoms with Crippen LogP contribution in [0.25, 0.3) is 22.5 Å². The summed E-state index contributed by atoms with van der Waals surface area (Å²) in [4.78, 5) is 24.6. The molecule has 0 radical (unpaired) electrons. The fraction of sp³-hybridized carbons (Fsp3) is 0.292. The number of carbonyl (C=O) groups is 2. The van der Waals surface area contributed by atoms with Gasteiger partial charge in [-0.15, -0.1) is 12.4 Å². The molecule has 1 heterocycles. The fourth-order valence-corrected chi connectivity index (χ4v) is 3.62. The molecule has 3 aromatic rings. The van der Waals surface area contributed by atoms with Gasteiger partial charge in [0.1, 0.15) is 0 Å². The molecule has 2 amide bonds. The van der Waals surface area contributed by atoms with Crippen molar-refractivity contribution in [1.82, 2.24) is 5.16 Å². The number of methoxy groups -OCH3 is 4. The van der Waals surface area contributed by atoms with Gasteiger partial charge in [-0.3, -0.25) is 9.59 Å². The number of ether oxygens (including phenoxy) is 4. The Morgan fingerprint density at radius 3 is 2.11 bits per heavy atom. The first-order valence-electron chi connectivity index (χ1n) is 10.7. The van der Waals surface area contributed by atoms with E-state index in [1.807, 2.05) is 0 Å². The van der Waals surface area contributed by atoms with Crippen LogP contribution in [0.5, 0.6) is 23.0 Å². The Bertz CT molecular complexity index is 1200. The van der Waals surface area contributed by atoms with E-state index in [4.69, 9.17) is 34.9 Å². The van der Waals surface area contributed by atoms with Crippen molar-refractivity contribution < 1.29 is 33.1 Å². The van der Waals surface area contributed by atoms with Crippen LogP contribution in [0.4, 0.5) is 5.69 Å². The van der Waals surface area contributed by atoms with E-state index < -0.39 is 5.91 Å². The van der Waals surface area contributed by atoms with Crippen LogP contribution in [-0.2, 0) is 4.79 Å². The summed E-state index contributed by atoms with van der Waals surface area (Å²) >= 11 is 0. The molecule has 0 fully saturated rings. The summed E-state index contributed by atoms with van der Waals surface area (Å²) in [6, 6.07) is 6.61. The molecule has 0 spiro atoms. The van der Waals surface area contributed by atoms with Crippen LogP contribution in [0, 0.1) is 0 Å². The van der Waals surface area contributed by atoms with Gasteiger partial charge >= 0.3 is 0 Å². The Morgan fingerprint density at radius 2 is 1.58 bits per heavy atom. The molecular formula is C24H29ClN4O7. The maximum atomic E-state index is 12.4. The molecule has 0 atom stereocenters. The molecule has 0 saturated heterocycles. The lowest BCUT2D eigenvalue weighted by atomic mass is 9.98. The third-order valence-corrected chi connectivity index (χ3v) is 5.25. The molecule has 11 nitrogen and oxygen atoms in total. The minimum absolute atomic E-state index is 0. The number of halogens is 1. The second-order valence-corrected chi connectivity index (χ2v) is 7.39. The van der Waals surface area contributed by atoms with Gasteiger partial charge in [-0.2, -0.15) is 0 Å². The second kappa shape index (κ2) is 12.7. The number of nitrogens with zero attached hydrogens (tertiary/aromatic N) is 1. The van der Waals surface area contributed by atoms with E-state index in [1.165, 1.54) is 34.6 Å². The number of benzene rings is 2. The first-order valence-corrected chi connectivity index (χ1v) is 10.7. The van der Waals surface area contributed by atoms with E-state index >= 15 is 0 Å². The van der Waals surface area contributed by atoms with E-state index in [-0.39, 0.29) is 41.7 Å². The monoisotopic (exact) mass is 520 g/mol. The zero-order valence-corrected chi connectivity index (χ0v) is 21.2. The van der Waals surface area contributed by atoms with Gasteiger partial charge in [0.25, 0.3) is 5.91 Å². The summed E-state index contributed by atoms with van der Waals surface area (Å²) in [5, 5.41) is 6.71. The van der Waals surface area contributed by atoms with E-state index in [1.54, 1.807) is 24.3 Å². The number of primary amides is 1. The van der Waals surface area contributed by atoms with Gasteiger partial charge in [0.2, 0.25) is 11.7 Å². The van der Waals surface area contributed by atoms with Crippen LogP contribution >= 0.6 is 12.4 Å². The van der Waals surface area contributed by atoms with Gasteiger partial charge in [-0.1, -0.05) is 5.16 Å². The van der Waals surface area contributed by atoms with Crippen LogP contribution in [0.3, 0.4) is 0 Å². The molecule has 2 aromatic carbocycles. The molecular weight excluding hydrogens is 492 g/mol. The summed E-state index contributed by atoms with van der Waals surface area (Å²) in [6.07, 6.45) is 2.21. The number of anilines is 1. The largest absolute Gasteiger partial charge is 0.494 e. The number of hydrogen-bond donors (Lipinski definition) is 3. The highest BCUT2D eigenvalue weighted by Gasteiger charge is 2.23. The number of carbonyl (C=O) groups excluding carboxylic acids is 2. The van der Waals surface area contributed by atoms with Crippen molar-refractivity contribution in [1.29, 1.82) is 0 Å². The minimum atomic E-state index is -0.730. The zero-order chi connectivity index (χ0) is 25.5. The highest BCUT2D eigenvalue weighted by Crippen LogP contribution is 2.44. The van der Waals surface area contributed by atoms with Gasteiger partial charge in [-0.05, 0) is 42.8 Å². The standard InChI is InChI=1S/C24H28N4O7.ClH/c1-31-18-10-14(11-19(32-2)23(18)34-4)21-16(12-27-35-21)13-8-15(24(26)30)22(33-3)17(9-13)28-20(29)6-5-7-25;/h8-12H,5-7,25H2,1-4H3,(H2,26,30)(H,28,29);1H. The Hall–Kier alpha value is -3.96. The first-order chi connectivity index (χ1) is 16.9. The van der Waals surface area contributed by atoms with Crippen LogP contribution in [0.2, 0.25) is 0 Å². The van der Waals surface area contributed by atoms with Gasteiger partial charge in [0.05, 0.1) is 45.9 Å².